The number of rotatable bonds is 3. The van der Waals surface area contributed by atoms with Crippen molar-refractivity contribution in [3.63, 3.8) is 0 Å². The molecule has 0 unspecified atom stereocenters. The number of hydrogen-bond donors (Lipinski definition) is 0. The summed E-state index contributed by atoms with van der Waals surface area (Å²) in [6, 6.07) is 9.34. The number of thiophene rings is 2. The van der Waals surface area contributed by atoms with Crippen molar-refractivity contribution in [3.8, 4) is 9.75 Å². The van der Waals surface area contributed by atoms with Crippen LogP contribution in [0.2, 0.25) is 57.6 Å². The third kappa shape index (κ3) is 12.0. The van der Waals surface area contributed by atoms with Gasteiger partial charge in [-0.3, -0.25) is 0 Å². The second-order valence-corrected chi connectivity index (χ2v) is 34.3. The van der Waals surface area contributed by atoms with E-state index in [0.29, 0.717) is 0 Å². The van der Waals surface area contributed by atoms with Gasteiger partial charge in [-0.1, -0.05) is 0 Å². The van der Waals surface area contributed by atoms with Gasteiger partial charge in [0.25, 0.3) is 0 Å². The van der Waals surface area contributed by atoms with Crippen molar-refractivity contribution in [1.82, 2.24) is 0 Å². The molecule has 2 aromatic rings. The van der Waals surface area contributed by atoms with E-state index < -0.39 is 28.7 Å². The van der Waals surface area contributed by atoms with E-state index in [4.69, 9.17) is 0 Å². The molecule has 4 radical (unpaired) electrons. The first-order valence-corrected chi connectivity index (χ1v) is 33.1. The van der Waals surface area contributed by atoms with Crippen LogP contribution in [-0.4, -0.2) is 57.4 Å². The normalized spacial score (nSPS) is 10.8. The third-order valence-corrected chi connectivity index (χ3v) is 14.8. The molecule has 0 saturated carbocycles. The predicted octanol–water partition coefficient (Wildman–Crippen LogP) is 6.14. The van der Waals surface area contributed by atoms with E-state index in [9.17, 15) is 0 Å². The van der Waals surface area contributed by atoms with Gasteiger partial charge in [-0.05, 0) is 0 Å². The Hall–Kier alpha value is 1.57. The zero-order valence-electron chi connectivity index (χ0n) is 17.1. The Bertz CT molecular complexity index is 501. The van der Waals surface area contributed by atoms with Crippen LogP contribution in [0.4, 0.5) is 0 Å². The van der Waals surface area contributed by atoms with E-state index in [2.05, 4.69) is 81.8 Å². The van der Waals surface area contributed by atoms with Crippen molar-refractivity contribution in [2.24, 2.45) is 0 Å². The van der Waals surface area contributed by atoms with Gasteiger partial charge in [-0.25, -0.2) is 0 Å². The molecule has 0 N–H and O–H groups in total. The molecule has 0 amide bonds. The van der Waals surface area contributed by atoms with Crippen LogP contribution in [0.25, 0.3) is 9.75 Å². The van der Waals surface area contributed by atoms with Crippen LogP contribution in [-0.2, 0) is 0 Å². The molecule has 6 heteroatoms. The molecule has 2 aromatic heterocycles. The number of hydrogen-bond acceptors (Lipinski definition) is 2. The Morgan fingerprint density at radius 1 is 0.500 bits per heavy atom. The molecular weight excluding hydrogens is 571 g/mol. The summed E-state index contributed by atoms with van der Waals surface area (Å²) in [6.07, 6.45) is 0. The van der Waals surface area contributed by atoms with Gasteiger partial charge in [0.05, 0.1) is 0 Å². The van der Waals surface area contributed by atoms with Gasteiger partial charge < -0.3 is 0 Å². The van der Waals surface area contributed by atoms with Crippen molar-refractivity contribution in [2.75, 3.05) is 0 Å². The first kappa shape index (κ1) is 25.6. The SMILES string of the molecule is [CH3][Ge]([CH3])[CH3].[CH3][Ge]([CH3])[CH3].[CH3][Ge]([CH3])[c]1ccc(-c2cc[c]([Ge]([CH3])[CH3])s2)s1. The van der Waals surface area contributed by atoms with Gasteiger partial charge in [0.1, 0.15) is 0 Å². The molecule has 0 atom stereocenters. The van der Waals surface area contributed by atoms with E-state index in [1.165, 1.54) is 9.75 Å². The molecule has 0 aliphatic heterocycles. The molecule has 0 fully saturated rings. The fourth-order valence-electron chi connectivity index (χ4n) is 1.48. The predicted molar refractivity (Wildman–Crippen MR) is 129 cm³/mol. The van der Waals surface area contributed by atoms with E-state index in [-0.39, 0.29) is 28.7 Å². The summed E-state index contributed by atoms with van der Waals surface area (Å²) < 4.78 is 3.32. The summed E-state index contributed by atoms with van der Waals surface area (Å²) in [4.78, 5) is 2.97. The van der Waals surface area contributed by atoms with Gasteiger partial charge in [0, 0.05) is 0 Å². The molecular formula is C18H34Ge4S2. The molecule has 0 aliphatic rings. The minimum absolute atomic E-state index is 0.333. The zero-order chi connectivity index (χ0) is 18.9. The molecule has 2 rings (SSSR count). The van der Waals surface area contributed by atoms with Crippen LogP contribution in [0.1, 0.15) is 0 Å². The van der Waals surface area contributed by atoms with Crippen molar-refractivity contribution in [2.45, 2.75) is 57.6 Å². The van der Waals surface area contributed by atoms with Gasteiger partial charge in [-0.2, -0.15) is 0 Å². The zero-order valence-corrected chi connectivity index (χ0v) is 27.2. The topological polar surface area (TPSA) is 0 Å². The maximum atomic E-state index is 2.43. The molecule has 0 spiro atoms. The molecule has 0 saturated heterocycles. The molecule has 0 aromatic carbocycles. The Labute approximate surface area is 177 Å². The minimum atomic E-state index is -0.864. The van der Waals surface area contributed by atoms with Gasteiger partial charge >= 0.3 is 179 Å². The van der Waals surface area contributed by atoms with Crippen molar-refractivity contribution >= 4 is 87.5 Å². The second kappa shape index (κ2) is 13.7. The van der Waals surface area contributed by atoms with Crippen LogP contribution in [0, 0.1) is 0 Å². The van der Waals surface area contributed by atoms with E-state index in [0.717, 1.165) is 0 Å². The molecule has 0 nitrogen and oxygen atoms in total. The Kier molecular flexibility index (Phi) is 14.6. The Morgan fingerprint density at radius 2 is 0.750 bits per heavy atom. The van der Waals surface area contributed by atoms with Crippen molar-refractivity contribution in [3.05, 3.63) is 24.3 Å². The summed E-state index contributed by atoms with van der Waals surface area (Å²) in [7, 11) is 0. The summed E-state index contributed by atoms with van der Waals surface area (Å²) in [5, 5.41) is 0. The summed E-state index contributed by atoms with van der Waals surface area (Å²) in [5.41, 5.74) is 0. The maximum absolute atomic E-state index is 2.43. The first-order valence-electron chi connectivity index (χ1n) is 8.39. The van der Waals surface area contributed by atoms with Crippen LogP contribution in [0.5, 0.6) is 0 Å². The van der Waals surface area contributed by atoms with Crippen LogP contribution < -0.4 is 7.42 Å². The van der Waals surface area contributed by atoms with E-state index >= 15 is 0 Å². The molecule has 0 bridgehead atoms. The monoisotopic (exact) mass is 610 g/mol. The third-order valence-electron chi connectivity index (χ3n) is 2.44. The van der Waals surface area contributed by atoms with Gasteiger partial charge in [0.15, 0.2) is 0 Å². The average Bonchev–Trinajstić information content (AvgIpc) is 3.06. The van der Waals surface area contributed by atoms with Crippen LogP contribution in [0.3, 0.4) is 0 Å². The first-order chi connectivity index (χ1) is 11.0. The standard InChI is InChI=1S/C12H16Ge2S2.2C3H9Ge/c1-13(2)11-7-5-9(15-11)10-6-8-12(16-10)14(3)4;2*1-4(2)3/h5-8H,1-4H3;2*1-3H3. The molecule has 24 heavy (non-hydrogen) atoms. The Morgan fingerprint density at radius 3 is 0.917 bits per heavy atom. The summed E-state index contributed by atoms with van der Waals surface area (Å²) in [5.74, 6) is 23.7. The quantitative estimate of drug-likeness (QED) is 0.369. The fraction of sp³-hybridized carbons (Fsp3) is 0.556. The van der Waals surface area contributed by atoms with Crippen LogP contribution in [0.15, 0.2) is 24.3 Å². The van der Waals surface area contributed by atoms with Crippen molar-refractivity contribution in [1.29, 1.82) is 0 Å². The van der Waals surface area contributed by atoms with Crippen molar-refractivity contribution < 1.29 is 0 Å². The van der Waals surface area contributed by atoms with Gasteiger partial charge in [-0.15, -0.1) is 0 Å². The summed E-state index contributed by atoms with van der Waals surface area (Å²) >= 11 is 1.65. The van der Waals surface area contributed by atoms with Crippen LogP contribution >= 0.6 is 22.7 Å². The molecule has 0 aliphatic carbocycles. The second-order valence-electron chi connectivity index (χ2n) is 7.33. The Balaban J connectivity index is 0.000000558. The van der Waals surface area contributed by atoms with E-state index in [1.54, 1.807) is 7.42 Å². The fourth-order valence-corrected chi connectivity index (χ4v) is 9.19. The summed E-state index contributed by atoms with van der Waals surface area (Å²) in [6.45, 7) is 0. The average molecular weight is 605 g/mol. The molecule has 2 heterocycles. The van der Waals surface area contributed by atoms with Gasteiger partial charge in [0.2, 0.25) is 0 Å². The molecule has 134 valence electrons. The van der Waals surface area contributed by atoms with E-state index in [1.807, 2.05) is 22.7 Å².